The number of piperidine rings is 2. The summed E-state index contributed by atoms with van der Waals surface area (Å²) in [6.45, 7) is 4.37. The third kappa shape index (κ3) is 3.75. The van der Waals surface area contributed by atoms with E-state index in [4.69, 9.17) is 4.74 Å². The minimum atomic E-state index is -0.0697. The second-order valence-electron chi connectivity index (χ2n) is 8.37. The maximum Gasteiger partial charge on any atom is 0.321 e. The average Bonchev–Trinajstić information content (AvgIpc) is 3.50. The van der Waals surface area contributed by atoms with Gasteiger partial charge in [0.2, 0.25) is 5.91 Å². The molecule has 1 saturated carbocycles. The number of aryl methyl sites for hydroxylation is 1. The van der Waals surface area contributed by atoms with E-state index in [1.807, 2.05) is 30.0 Å². The van der Waals surface area contributed by atoms with Crippen LogP contribution >= 0.6 is 0 Å². The summed E-state index contributed by atoms with van der Waals surface area (Å²) in [5.74, 6) is 1.00. The summed E-state index contributed by atoms with van der Waals surface area (Å²) in [6, 6.07) is 6.20. The lowest BCUT2D eigenvalue weighted by Crippen LogP contribution is -2.53. The van der Waals surface area contributed by atoms with E-state index in [2.05, 4.69) is 10.2 Å². The summed E-state index contributed by atoms with van der Waals surface area (Å²) in [5.41, 5.74) is 2.00. The lowest BCUT2D eigenvalue weighted by Gasteiger charge is -2.47. The maximum atomic E-state index is 12.7. The topological polar surface area (TPSA) is 61.9 Å². The highest BCUT2D eigenvalue weighted by Gasteiger charge is 2.45. The summed E-state index contributed by atoms with van der Waals surface area (Å²) in [7, 11) is 1.61. The number of urea groups is 1. The van der Waals surface area contributed by atoms with Gasteiger partial charge in [-0.05, 0) is 62.1 Å². The van der Waals surface area contributed by atoms with Gasteiger partial charge in [-0.15, -0.1) is 0 Å². The molecule has 0 bridgehead atoms. The number of hydrogen-bond acceptors (Lipinski definition) is 3. The fraction of sp³-hybridized carbons (Fsp3) is 0.619. The number of carbonyl (C=O) groups is 2. The monoisotopic (exact) mass is 371 g/mol. The summed E-state index contributed by atoms with van der Waals surface area (Å²) in [5, 5.41) is 3.00. The molecule has 27 heavy (non-hydrogen) atoms. The molecule has 0 radical (unpaired) electrons. The molecule has 2 saturated heterocycles. The van der Waals surface area contributed by atoms with Crippen LogP contribution in [0.5, 0.6) is 5.75 Å². The molecule has 4 rings (SSSR count). The SMILES string of the molecule is COc1ccc(C)cc1NC(=O)N1CCC2(CCC(=O)N(C3CC3)C2)CC1. The largest absolute Gasteiger partial charge is 0.495 e. The van der Waals surface area contributed by atoms with Gasteiger partial charge in [0.25, 0.3) is 0 Å². The van der Waals surface area contributed by atoms with Crippen LogP contribution in [0.2, 0.25) is 0 Å². The molecule has 1 aliphatic carbocycles. The van der Waals surface area contributed by atoms with Crippen LogP contribution < -0.4 is 10.1 Å². The van der Waals surface area contributed by atoms with Gasteiger partial charge in [0.05, 0.1) is 12.8 Å². The predicted molar refractivity (Wildman–Crippen MR) is 104 cm³/mol. The molecule has 3 fully saturated rings. The first-order chi connectivity index (χ1) is 13.0. The molecular formula is C21H29N3O3. The minimum absolute atomic E-state index is 0.0697. The van der Waals surface area contributed by atoms with Gasteiger partial charge in [-0.2, -0.15) is 0 Å². The molecule has 1 N–H and O–H groups in total. The number of ether oxygens (including phenoxy) is 1. The zero-order valence-electron chi connectivity index (χ0n) is 16.3. The van der Waals surface area contributed by atoms with Crippen molar-refractivity contribution in [1.29, 1.82) is 0 Å². The van der Waals surface area contributed by atoms with Gasteiger partial charge in [-0.3, -0.25) is 4.79 Å². The van der Waals surface area contributed by atoms with Crippen molar-refractivity contribution in [3.63, 3.8) is 0 Å². The van der Waals surface area contributed by atoms with E-state index >= 15 is 0 Å². The second kappa shape index (κ2) is 7.06. The standard InChI is InChI=1S/C21H29N3O3/c1-15-3-6-18(27-2)17(13-15)22-20(26)23-11-9-21(10-12-23)8-7-19(25)24(14-21)16-4-5-16/h3,6,13,16H,4-5,7-12,14H2,1-2H3,(H,22,26). The number of anilines is 1. The first kappa shape index (κ1) is 18.1. The Morgan fingerprint density at radius 1 is 1.22 bits per heavy atom. The van der Waals surface area contributed by atoms with E-state index < -0.39 is 0 Å². The van der Waals surface area contributed by atoms with Gasteiger partial charge in [0.15, 0.2) is 0 Å². The number of rotatable bonds is 3. The van der Waals surface area contributed by atoms with E-state index in [9.17, 15) is 9.59 Å². The number of hydrogen-bond donors (Lipinski definition) is 1. The molecule has 3 amide bonds. The van der Waals surface area contributed by atoms with Crippen LogP contribution in [0.15, 0.2) is 18.2 Å². The third-order valence-electron chi connectivity index (χ3n) is 6.39. The first-order valence-electron chi connectivity index (χ1n) is 10.00. The third-order valence-corrected chi connectivity index (χ3v) is 6.39. The van der Waals surface area contributed by atoms with Gasteiger partial charge in [-0.1, -0.05) is 6.07 Å². The highest BCUT2D eigenvalue weighted by Crippen LogP contribution is 2.43. The Kier molecular flexibility index (Phi) is 4.74. The molecule has 0 atom stereocenters. The molecule has 2 aliphatic heterocycles. The number of likely N-dealkylation sites (tertiary alicyclic amines) is 2. The number of nitrogens with one attached hydrogen (secondary N) is 1. The fourth-order valence-electron chi connectivity index (χ4n) is 4.47. The van der Waals surface area contributed by atoms with Gasteiger partial charge in [-0.25, -0.2) is 4.79 Å². The zero-order chi connectivity index (χ0) is 19.0. The molecule has 3 aliphatic rings. The molecule has 1 aromatic rings. The summed E-state index contributed by atoms with van der Waals surface area (Å²) < 4.78 is 5.36. The quantitative estimate of drug-likeness (QED) is 0.886. The van der Waals surface area contributed by atoms with Crippen LogP contribution in [0, 0.1) is 12.3 Å². The Morgan fingerprint density at radius 2 is 1.96 bits per heavy atom. The normalized spacial score (nSPS) is 22.1. The van der Waals surface area contributed by atoms with Crippen molar-refractivity contribution in [3.8, 4) is 5.75 Å². The zero-order valence-corrected chi connectivity index (χ0v) is 16.3. The smallest absolute Gasteiger partial charge is 0.321 e. The molecule has 0 aromatic heterocycles. The Bertz CT molecular complexity index is 736. The Labute approximate surface area is 160 Å². The van der Waals surface area contributed by atoms with Crippen LogP contribution in [-0.2, 0) is 4.79 Å². The van der Waals surface area contributed by atoms with Crippen molar-refractivity contribution in [1.82, 2.24) is 9.80 Å². The van der Waals surface area contributed by atoms with E-state index in [0.717, 1.165) is 57.3 Å². The molecular weight excluding hydrogens is 342 g/mol. The maximum absolute atomic E-state index is 12.7. The number of benzene rings is 1. The average molecular weight is 371 g/mol. The minimum Gasteiger partial charge on any atom is -0.495 e. The van der Waals surface area contributed by atoms with Crippen molar-refractivity contribution in [3.05, 3.63) is 23.8 Å². The van der Waals surface area contributed by atoms with Crippen molar-refractivity contribution >= 4 is 17.6 Å². The van der Waals surface area contributed by atoms with E-state index in [0.29, 0.717) is 29.8 Å². The van der Waals surface area contributed by atoms with Crippen molar-refractivity contribution in [2.75, 3.05) is 32.1 Å². The number of methoxy groups -OCH3 is 1. The highest BCUT2D eigenvalue weighted by atomic mass is 16.5. The number of amides is 3. The molecule has 1 aromatic carbocycles. The van der Waals surface area contributed by atoms with Crippen molar-refractivity contribution in [2.45, 2.75) is 51.5 Å². The Balaban J connectivity index is 1.37. The van der Waals surface area contributed by atoms with Gasteiger partial charge in [0, 0.05) is 32.1 Å². The molecule has 0 unspecified atom stereocenters. The van der Waals surface area contributed by atoms with Crippen LogP contribution in [0.25, 0.3) is 0 Å². The molecule has 2 heterocycles. The van der Waals surface area contributed by atoms with E-state index in [1.54, 1.807) is 7.11 Å². The molecule has 6 nitrogen and oxygen atoms in total. The summed E-state index contributed by atoms with van der Waals surface area (Å²) in [4.78, 5) is 29.0. The molecule has 146 valence electrons. The van der Waals surface area contributed by atoms with Crippen molar-refractivity contribution in [2.24, 2.45) is 5.41 Å². The number of nitrogens with zero attached hydrogens (tertiary/aromatic N) is 2. The Hall–Kier alpha value is -2.24. The highest BCUT2D eigenvalue weighted by molar-refractivity contribution is 5.91. The summed E-state index contributed by atoms with van der Waals surface area (Å²) >= 11 is 0. The van der Waals surface area contributed by atoms with Crippen LogP contribution in [0.3, 0.4) is 0 Å². The first-order valence-corrected chi connectivity index (χ1v) is 10.00. The lowest BCUT2D eigenvalue weighted by atomic mass is 9.72. The molecule has 1 spiro atoms. The number of carbonyl (C=O) groups excluding carboxylic acids is 2. The Morgan fingerprint density at radius 3 is 2.63 bits per heavy atom. The summed E-state index contributed by atoms with van der Waals surface area (Å²) in [6.07, 6.45) is 5.91. The molecule has 6 heteroatoms. The van der Waals surface area contributed by atoms with E-state index in [-0.39, 0.29) is 11.4 Å². The van der Waals surface area contributed by atoms with Crippen LogP contribution in [0.1, 0.15) is 44.1 Å². The fourth-order valence-corrected chi connectivity index (χ4v) is 4.47. The van der Waals surface area contributed by atoms with E-state index in [1.165, 1.54) is 0 Å². The predicted octanol–water partition coefficient (Wildman–Crippen LogP) is 3.40. The van der Waals surface area contributed by atoms with Gasteiger partial charge >= 0.3 is 6.03 Å². The van der Waals surface area contributed by atoms with Crippen molar-refractivity contribution < 1.29 is 14.3 Å². The van der Waals surface area contributed by atoms with Crippen LogP contribution in [-0.4, -0.2) is 54.5 Å². The van der Waals surface area contributed by atoms with Crippen LogP contribution in [0.4, 0.5) is 10.5 Å². The van der Waals surface area contributed by atoms with Gasteiger partial charge in [0.1, 0.15) is 5.75 Å². The lowest BCUT2D eigenvalue weighted by molar-refractivity contribution is -0.139. The van der Waals surface area contributed by atoms with Gasteiger partial charge < -0.3 is 19.9 Å². The second-order valence-corrected chi connectivity index (χ2v) is 8.37.